The number of hydrogen-bond acceptors (Lipinski definition) is 3. The average molecular weight is 372 g/mol. The SMILES string of the molecule is O=C(CN1CC(O)(C2CC2)C1)Nc1ccccc1I. The second-order valence-corrected chi connectivity index (χ2v) is 6.71. The van der Waals surface area contributed by atoms with E-state index in [4.69, 9.17) is 0 Å². The molecule has 2 fully saturated rings. The highest BCUT2D eigenvalue weighted by atomic mass is 127. The zero-order valence-corrected chi connectivity index (χ0v) is 12.8. The van der Waals surface area contributed by atoms with Crippen molar-refractivity contribution in [2.24, 2.45) is 5.92 Å². The minimum atomic E-state index is -0.512. The Morgan fingerprint density at radius 3 is 2.74 bits per heavy atom. The number of anilines is 1. The molecule has 1 heterocycles. The van der Waals surface area contributed by atoms with E-state index in [0.717, 1.165) is 22.1 Å². The fourth-order valence-electron chi connectivity index (χ4n) is 2.67. The highest BCUT2D eigenvalue weighted by Crippen LogP contribution is 2.44. The molecule has 0 aromatic heterocycles. The van der Waals surface area contributed by atoms with E-state index >= 15 is 0 Å². The van der Waals surface area contributed by atoms with Gasteiger partial charge in [-0.05, 0) is 53.5 Å². The summed E-state index contributed by atoms with van der Waals surface area (Å²) < 4.78 is 1.03. The number of likely N-dealkylation sites (tertiary alicyclic amines) is 1. The number of aliphatic hydroxyl groups is 1. The first-order chi connectivity index (χ1) is 9.07. The van der Waals surface area contributed by atoms with Crippen LogP contribution in [0.25, 0.3) is 0 Å². The summed E-state index contributed by atoms with van der Waals surface area (Å²) in [5.74, 6) is 0.462. The van der Waals surface area contributed by atoms with Gasteiger partial charge in [0.15, 0.2) is 0 Å². The van der Waals surface area contributed by atoms with Crippen LogP contribution in [0.3, 0.4) is 0 Å². The third-order valence-corrected chi connectivity index (χ3v) is 4.79. The van der Waals surface area contributed by atoms with Crippen molar-refractivity contribution in [3.63, 3.8) is 0 Å². The molecule has 4 nitrogen and oxygen atoms in total. The summed E-state index contributed by atoms with van der Waals surface area (Å²) >= 11 is 2.20. The van der Waals surface area contributed by atoms with Crippen molar-refractivity contribution in [1.29, 1.82) is 0 Å². The third-order valence-electron chi connectivity index (χ3n) is 3.85. The Balaban J connectivity index is 1.49. The number of benzene rings is 1. The molecule has 1 aliphatic carbocycles. The lowest BCUT2D eigenvalue weighted by Crippen LogP contribution is -2.64. The first-order valence-electron chi connectivity index (χ1n) is 6.56. The molecule has 0 bridgehead atoms. The minimum Gasteiger partial charge on any atom is -0.387 e. The number of nitrogens with zero attached hydrogens (tertiary/aromatic N) is 1. The maximum absolute atomic E-state index is 11.9. The van der Waals surface area contributed by atoms with Crippen molar-refractivity contribution >= 4 is 34.2 Å². The number of para-hydroxylation sites is 1. The van der Waals surface area contributed by atoms with Crippen LogP contribution < -0.4 is 5.32 Å². The van der Waals surface area contributed by atoms with Crippen molar-refractivity contribution < 1.29 is 9.90 Å². The quantitative estimate of drug-likeness (QED) is 0.791. The lowest BCUT2D eigenvalue weighted by atomic mass is 9.89. The minimum absolute atomic E-state index is 0.0121. The molecule has 1 aliphatic heterocycles. The van der Waals surface area contributed by atoms with Gasteiger partial charge < -0.3 is 10.4 Å². The van der Waals surface area contributed by atoms with E-state index in [9.17, 15) is 9.90 Å². The van der Waals surface area contributed by atoms with Gasteiger partial charge in [-0.25, -0.2) is 0 Å². The molecule has 2 N–H and O–H groups in total. The molecule has 1 saturated carbocycles. The number of β-amino-alcohol motifs (C(OH)–C–C–N with tert-alkyl or cyclic N) is 1. The lowest BCUT2D eigenvalue weighted by molar-refractivity contribution is -0.132. The molecule has 2 aliphatic rings. The van der Waals surface area contributed by atoms with E-state index in [2.05, 4.69) is 27.9 Å². The Bertz CT molecular complexity index is 496. The average Bonchev–Trinajstić information content (AvgIpc) is 3.14. The standard InChI is InChI=1S/C14H17IN2O2/c15-11-3-1-2-4-12(11)16-13(18)7-17-8-14(19,9-17)10-5-6-10/h1-4,10,19H,5-9H2,(H,16,18). The smallest absolute Gasteiger partial charge is 0.238 e. The van der Waals surface area contributed by atoms with Gasteiger partial charge >= 0.3 is 0 Å². The number of nitrogens with one attached hydrogen (secondary N) is 1. The molecule has 3 rings (SSSR count). The fourth-order valence-corrected chi connectivity index (χ4v) is 3.20. The number of rotatable bonds is 4. The topological polar surface area (TPSA) is 52.6 Å². The summed E-state index contributed by atoms with van der Waals surface area (Å²) in [6.45, 7) is 1.63. The largest absolute Gasteiger partial charge is 0.387 e. The molecule has 1 saturated heterocycles. The number of halogens is 1. The van der Waals surface area contributed by atoms with E-state index < -0.39 is 5.60 Å². The van der Waals surface area contributed by atoms with Gasteiger partial charge in [0.1, 0.15) is 0 Å². The Hall–Kier alpha value is -0.660. The van der Waals surface area contributed by atoms with Gasteiger partial charge in [0.2, 0.25) is 5.91 Å². The zero-order valence-electron chi connectivity index (χ0n) is 10.6. The fraction of sp³-hybridized carbons (Fsp3) is 0.500. The Morgan fingerprint density at radius 1 is 1.42 bits per heavy atom. The van der Waals surface area contributed by atoms with Crippen LogP contribution >= 0.6 is 22.6 Å². The summed E-state index contributed by atoms with van der Waals surface area (Å²) in [7, 11) is 0. The van der Waals surface area contributed by atoms with Gasteiger partial charge in [-0.2, -0.15) is 0 Å². The second-order valence-electron chi connectivity index (χ2n) is 5.55. The van der Waals surface area contributed by atoms with Crippen molar-refractivity contribution in [3.8, 4) is 0 Å². The van der Waals surface area contributed by atoms with E-state index in [-0.39, 0.29) is 5.91 Å². The molecular formula is C14H17IN2O2. The van der Waals surface area contributed by atoms with E-state index in [1.807, 2.05) is 29.2 Å². The Labute approximate surface area is 126 Å². The van der Waals surface area contributed by atoms with Gasteiger partial charge in [-0.3, -0.25) is 9.69 Å². The first-order valence-corrected chi connectivity index (χ1v) is 7.64. The van der Waals surface area contributed by atoms with Crippen LogP contribution in [0, 0.1) is 9.49 Å². The van der Waals surface area contributed by atoms with Crippen LogP contribution in [-0.4, -0.2) is 41.1 Å². The van der Waals surface area contributed by atoms with Crippen molar-refractivity contribution in [3.05, 3.63) is 27.8 Å². The molecular weight excluding hydrogens is 355 g/mol. The van der Waals surface area contributed by atoms with Gasteiger partial charge in [-0.1, -0.05) is 12.1 Å². The predicted molar refractivity (Wildman–Crippen MR) is 81.9 cm³/mol. The number of amides is 1. The lowest BCUT2D eigenvalue weighted by Gasteiger charge is -2.46. The van der Waals surface area contributed by atoms with Gasteiger partial charge in [0.25, 0.3) is 0 Å². The van der Waals surface area contributed by atoms with E-state index in [1.54, 1.807) is 0 Å². The van der Waals surface area contributed by atoms with Crippen LogP contribution in [0.5, 0.6) is 0 Å². The van der Waals surface area contributed by atoms with Gasteiger partial charge in [0, 0.05) is 16.7 Å². The predicted octanol–water partition coefficient (Wildman–Crippen LogP) is 1.69. The highest BCUT2D eigenvalue weighted by Gasteiger charge is 2.51. The van der Waals surface area contributed by atoms with Crippen LogP contribution in [0.1, 0.15) is 12.8 Å². The molecule has 0 atom stereocenters. The van der Waals surface area contributed by atoms with Gasteiger partial charge in [-0.15, -0.1) is 0 Å². The maximum atomic E-state index is 11.9. The third kappa shape index (κ3) is 2.93. The highest BCUT2D eigenvalue weighted by molar-refractivity contribution is 14.1. The van der Waals surface area contributed by atoms with E-state index in [1.165, 1.54) is 0 Å². The molecule has 0 radical (unpaired) electrons. The molecule has 19 heavy (non-hydrogen) atoms. The molecule has 1 aromatic carbocycles. The Kier molecular flexibility index (Phi) is 3.53. The molecule has 0 unspecified atom stereocenters. The van der Waals surface area contributed by atoms with Crippen LogP contribution in [0.4, 0.5) is 5.69 Å². The van der Waals surface area contributed by atoms with E-state index in [0.29, 0.717) is 25.6 Å². The summed E-state index contributed by atoms with van der Waals surface area (Å²) in [5.41, 5.74) is 0.340. The maximum Gasteiger partial charge on any atom is 0.238 e. The zero-order chi connectivity index (χ0) is 13.5. The van der Waals surface area contributed by atoms with Crippen molar-refractivity contribution in [2.75, 3.05) is 25.0 Å². The molecule has 5 heteroatoms. The molecule has 102 valence electrons. The second kappa shape index (κ2) is 5.03. The molecule has 0 spiro atoms. The van der Waals surface area contributed by atoms with Gasteiger partial charge in [0.05, 0.1) is 17.8 Å². The summed E-state index contributed by atoms with van der Waals surface area (Å²) in [4.78, 5) is 13.9. The van der Waals surface area contributed by atoms with Crippen molar-refractivity contribution in [1.82, 2.24) is 4.90 Å². The number of carbonyl (C=O) groups is 1. The van der Waals surface area contributed by atoms with Crippen LogP contribution in [0.2, 0.25) is 0 Å². The summed E-state index contributed by atoms with van der Waals surface area (Å²) in [5, 5.41) is 13.1. The number of hydrogen-bond donors (Lipinski definition) is 2. The monoisotopic (exact) mass is 372 g/mol. The normalized spacial score (nSPS) is 21.8. The first kappa shape index (κ1) is 13.3. The van der Waals surface area contributed by atoms with Crippen LogP contribution in [-0.2, 0) is 4.79 Å². The Morgan fingerprint density at radius 2 is 2.11 bits per heavy atom. The summed E-state index contributed by atoms with van der Waals surface area (Å²) in [6.07, 6.45) is 2.28. The molecule has 1 amide bonds. The summed E-state index contributed by atoms with van der Waals surface area (Å²) in [6, 6.07) is 7.72. The molecule has 1 aromatic rings. The van der Waals surface area contributed by atoms with Crippen LogP contribution in [0.15, 0.2) is 24.3 Å². The number of carbonyl (C=O) groups excluding carboxylic acids is 1. The van der Waals surface area contributed by atoms with Crippen molar-refractivity contribution in [2.45, 2.75) is 18.4 Å².